The summed E-state index contributed by atoms with van der Waals surface area (Å²) >= 11 is 0. The van der Waals surface area contributed by atoms with Crippen LogP contribution in [0.5, 0.6) is 0 Å². The molecule has 0 aliphatic heterocycles. The number of carbonyl (C=O) groups excluding carboxylic acids is 1. The molecule has 0 bridgehead atoms. The van der Waals surface area contributed by atoms with E-state index in [9.17, 15) is 4.79 Å². The van der Waals surface area contributed by atoms with E-state index in [-0.39, 0.29) is 5.92 Å². The zero-order valence-electron chi connectivity index (χ0n) is 6.70. The second-order valence-corrected chi connectivity index (χ2v) is 3.02. The van der Waals surface area contributed by atoms with Crippen molar-refractivity contribution in [1.29, 1.82) is 0 Å². The summed E-state index contributed by atoms with van der Waals surface area (Å²) in [5, 5.41) is 0. The van der Waals surface area contributed by atoms with Crippen LogP contribution in [0.3, 0.4) is 0 Å². The molecule has 0 aromatic heterocycles. The van der Waals surface area contributed by atoms with Gasteiger partial charge in [0.2, 0.25) is 0 Å². The topological polar surface area (TPSA) is 17.1 Å². The molecular weight excluding hydrogens is 136 g/mol. The minimum atomic E-state index is 0.270. The highest BCUT2D eigenvalue weighted by atomic mass is 16.1. The lowest BCUT2D eigenvalue weighted by atomic mass is 9.97. The minimum absolute atomic E-state index is 0.270. The van der Waals surface area contributed by atoms with Crippen LogP contribution in [-0.4, -0.2) is 6.29 Å². The fourth-order valence-corrected chi connectivity index (χ4v) is 1.65. The molecule has 60 valence electrons. The van der Waals surface area contributed by atoms with Gasteiger partial charge in [0.15, 0.2) is 0 Å². The number of carbonyl (C=O) groups is 1. The molecule has 1 rings (SSSR count). The Morgan fingerprint density at radius 1 is 1.27 bits per heavy atom. The van der Waals surface area contributed by atoms with Crippen LogP contribution in [0.2, 0.25) is 0 Å². The summed E-state index contributed by atoms with van der Waals surface area (Å²) in [6.45, 7) is 3.60. The Hall–Kier alpha value is -0.850. The van der Waals surface area contributed by atoms with E-state index in [1.807, 2.05) is 6.08 Å². The molecule has 0 N–H and O–H groups in total. The van der Waals surface area contributed by atoms with E-state index in [2.05, 4.69) is 12.7 Å². The molecule has 0 amide bonds. The van der Waals surface area contributed by atoms with Crippen molar-refractivity contribution in [3.8, 4) is 0 Å². The van der Waals surface area contributed by atoms with Crippen molar-refractivity contribution >= 4 is 6.29 Å². The summed E-state index contributed by atoms with van der Waals surface area (Å²) < 4.78 is 0. The van der Waals surface area contributed by atoms with Crippen LogP contribution in [0.15, 0.2) is 24.8 Å². The van der Waals surface area contributed by atoms with Crippen LogP contribution in [0.4, 0.5) is 0 Å². The maximum Gasteiger partial charge on any atom is 0.123 e. The average Bonchev–Trinajstić information content (AvgIpc) is 2.47. The summed E-state index contributed by atoms with van der Waals surface area (Å²) in [5.41, 5.74) is 0. The first-order chi connectivity index (χ1) is 5.38. The summed E-state index contributed by atoms with van der Waals surface area (Å²) in [4.78, 5) is 10.5. The van der Waals surface area contributed by atoms with Gasteiger partial charge in [-0.2, -0.15) is 0 Å². The first-order valence-corrected chi connectivity index (χ1v) is 4.13. The highest BCUT2D eigenvalue weighted by Gasteiger charge is 2.23. The lowest BCUT2D eigenvalue weighted by molar-refractivity contribution is -0.111. The Kier molecular flexibility index (Phi) is 3.09. The van der Waals surface area contributed by atoms with Gasteiger partial charge < -0.3 is 4.79 Å². The molecular formula is C10H14O. The average molecular weight is 150 g/mol. The second-order valence-electron chi connectivity index (χ2n) is 3.02. The van der Waals surface area contributed by atoms with Gasteiger partial charge in [0.05, 0.1) is 0 Å². The first kappa shape index (κ1) is 8.25. The van der Waals surface area contributed by atoms with Gasteiger partial charge in [-0.15, -0.1) is 0 Å². The van der Waals surface area contributed by atoms with E-state index in [1.54, 1.807) is 6.08 Å². The fourth-order valence-electron chi connectivity index (χ4n) is 1.65. The number of aldehydes is 1. The molecule has 1 nitrogen and oxygen atoms in total. The SMILES string of the molecule is C=C/C=C/C1CCCC1C=O. The molecule has 1 saturated carbocycles. The van der Waals surface area contributed by atoms with Crippen LogP contribution in [-0.2, 0) is 4.79 Å². The van der Waals surface area contributed by atoms with E-state index in [1.165, 1.54) is 6.42 Å². The third-order valence-electron chi connectivity index (χ3n) is 2.29. The summed E-state index contributed by atoms with van der Waals surface area (Å²) in [7, 11) is 0. The number of allylic oxidation sites excluding steroid dienone is 3. The van der Waals surface area contributed by atoms with E-state index in [0.717, 1.165) is 19.1 Å². The van der Waals surface area contributed by atoms with Gasteiger partial charge >= 0.3 is 0 Å². The highest BCUT2D eigenvalue weighted by Crippen LogP contribution is 2.30. The summed E-state index contributed by atoms with van der Waals surface area (Å²) in [6, 6.07) is 0. The van der Waals surface area contributed by atoms with Gasteiger partial charge in [0.25, 0.3) is 0 Å². The van der Waals surface area contributed by atoms with Crippen LogP contribution < -0.4 is 0 Å². The van der Waals surface area contributed by atoms with Crippen LogP contribution in [0.1, 0.15) is 19.3 Å². The quantitative estimate of drug-likeness (QED) is 0.446. The maximum atomic E-state index is 10.5. The smallest absolute Gasteiger partial charge is 0.123 e. The molecule has 11 heavy (non-hydrogen) atoms. The summed E-state index contributed by atoms with van der Waals surface area (Å²) in [6.07, 6.45) is 10.3. The second kappa shape index (κ2) is 4.12. The largest absolute Gasteiger partial charge is 0.303 e. The van der Waals surface area contributed by atoms with Crippen LogP contribution >= 0.6 is 0 Å². The zero-order chi connectivity index (χ0) is 8.10. The molecule has 1 heteroatoms. The fraction of sp³-hybridized carbons (Fsp3) is 0.500. The Labute approximate surface area is 67.8 Å². The normalized spacial score (nSPS) is 30.9. The van der Waals surface area contributed by atoms with Gasteiger partial charge in [-0.3, -0.25) is 0 Å². The van der Waals surface area contributed by atoms with Crippen molar-refractivity contribution < 1.29 is 4.79 Å². The van der Waals surface area contributed by atoms with Crippen LogP contribution in [0, 0.1) is 11.8 Å². The molecule has 2 unspecified atom stereocenters. The number of rotatable bonds is 3. The minimum Gasteiger partial charge on any atom is -0.303 e. The summed E-state index contributed by atoms with van der Waals surface area (Å²) in [5.74, 6) is 0.747. The molecule has 1 fully saturated rings. The Bertz CT molecular complexity index is 170. The predicted octanol–water partition coefficient (Wildman–Crippen LogP) is 2.34. The Morgan fingerprint density at radius 3 is 2.64 bits per heavy atom. The molecule has 0 saturated heterocycles. The van der Waals surface area contributed by atoms with Crippen molar-refractivity contribution in [2.75, 3.05) is 0 Å². The lowest BCUT2D eigenvalue weighted by Gasteiger charge is -2.06. The molecule has 0 aromatic carbocycles. The van der Waals surface area contributed by atoms with E-state index < -0.39 is 0 Å². The van der Waals surface area contributed by atoms with Crippen molar-refractivity contribution in [3.63, 3.8) is 0 Å². The van der Waals surface area contributed by atoms with Gasteiger partial charge in [-0.1, -0.05) is 31.2 Å². The third kappa shape index (κ3) is 2.04. The molecule has 0 aromatic rings. The molecule has 2 atom stereocenters. The molecule has 0 spiro atoms. The molecule has 0 radical (unpaired) electrons. The van der Waals surface area contributed by atoms with E-state index in [0.29, 0.717) is 5.92 Å². The van der Waals surface area contributed by atoms with E-state index >= 15 is 0 Å². The van der Waals surface area contributed by atoms with Crippen LogP contribution in [0.25, 0.3) is 0 Å². The Morgan fingerprint density at radius 2 is 2.00 bits per heavy atom. The van der Waals surface area contributed by atoms with E-state index in [4.69, 9.17) is 0 Å². The predicted molar refractivity (Wildman–Crippen MR) is 46.2 cm³/mol. The molecule has 0 heterocycles. The van der Waals surface area contributed by atoms with Crippen molar-refractivity contribution in [2.45, 2.75) is 19.3 Å². The van der Waals surface area contributed by atoms with Gasteiger partial charge in [-0.05, 0) is 18.8 Å². The lowest BCUT2D eigenvalue weighted by Crippen LogP contribution is -2.05. The zero-order valence-corrected chi connectivity index (χ0v) is 6.70. The van der Waals surface area contributed by atoms with Crippen molar-refractivity contribution in [2.24, 2.45) is 11.8 Å². The van der Waals surface area contributed by atoms with Gasteiger partial charge in [0, 0.05) is 5.92 Å². The first-order valence-electron chi connectivity index (χ1n) is 4.13. The number of hydrogen-bond donors (Lipinski definition) is 0. The Balaban J connectivity index is 2.49. The van der Waals surface area contributed by atoms with Crippen molar-refractivity contribution in [3.05, 3.63) is 24.8 Å². The molecule has 1 aliphatic carbocycles. The van der Waals surface area contributed by atoms with Crippen molar-refractivity contribution in [1.82, 2.24) is 0 Å². The monoisotopic (exact) mass is 150 g/mol. The van der Waals surface area contributed by atoms with Gasteiger partial charge in [-0.25, -0.2) is 0 Å². The third-order valence-corrected chi connectivity index (χ3v) is 2.29. The maximum absolute atomic E-state index is 10.5. The number of hydrogen-bond acceptors (Lipinski definition) is 1. The highest BCUT2D eigenvalue weighted by molar-refractivity contribution is 5.55. The standard InChI is InChI=1S/C10H14O/c1-2-3-5-9-6-4-7-10(9)8-11/h2-3,5,8-10H,1,4,6-7H2/b5-3+. The van der Waals surface area contributed by atoms with Gasteiger partial charge in [0.1, 0.15) is 6.29 Å². The molecule has 1 aliphatic rings.